The van der Waals surface area contributed by atoms with E-state index in [9.17, 15) is 0 Å². The normalized spacial score (nSPS) is 16.3. The van der Waals surface area contributed by atoms with Gasteiger partial charge in [0, 0.05) is 48.8 Å². The van der Waals surface area contributed by atoms with Gasteiger partial charge < -0.3 is 9.80 Å². The molecule has 1 fully saturated rings. The maximum absolute atomic E-state index is 5.03. The molecule has 0 N–H and O–H groups in total. The number of fused-ring (bicyclic) bond motifs is 1. The average molecular weight is 372 g/mol. The van der Waals surface area contributed by atoms with Crippen LogP contribution in [0.4, 0.5) is 17.5 Å². The second-order valence-electron chi connectivity index (χ2n) is 7.52. The van der Waals surface area contributed by atoms with Crippen molar-refractivity contribution >= 4 is 17.5 Å². The van der Waals surface area contributed by atoms with Crippen molar-refractivity contribution in [2.24, 2.45) is 0 Å². The Labute approximate surface area is 165 Å². The van der Waals surface area contributed by atoms with Gasteiger partial charge in [-0.2, -0.15) is 4.98 Å². The molecule has 6 nitrogen and oxygen atoms in total. The van der Waals surface area contributed by atoms with Gasteiger partial charge >= 0.3 is 0 Å². The van der Waals surface area contributed by atoms with Gasteiger partial charge in [0.25, 0.3) is 0 Å². The molecule has 0 bridgehead atoms. The number of piperidine rings is 1. The lowest BCUT2D eigenvalue weighted by atomic mass is 10.1. The SMILES string of the molecule is Cc1ccc(-c2nc(N3CCCCC3)nc3c2CCN3c2cccnc2)cn1. The van der Waals surface area contributed by atoms with Gasteiger partial charge in [-0.05, 0) is 56.9 Å². The minimum atomic E-state index is 0.838. The van der Waals surface area contributed by atoms with E-state index in [2.05, 4.69) is 38.0 Å². The highest BCUT2D eigenvalue weighted by Crippen LogP contribution is 2.39. The van der Waals surface area contributed by atoms with Crippen LogP contribution in [0.5, 0.6) is 0 Å². The minimum absolute atomic E-state index is 0.838. The number of nitrogens with zero attached hydrogens (tertiary/aromatic N) is 6. The number of hydrogen-bond acceptors (Lipinski definition) is 6. The third-order valence-electron chi connectivity index (χ3n) is 5.60. The summed E-state index contributed by atoms with van der Waals surface area (Å²) in [6, 6.07) is 8.25. The maximum atomic E-state index is 5.03. The van der Waals surface area contributed by atoms with Crippen LogP contribution in [0, 0.1) is 6.92 Å². The number of pyridine rings is 2. The quantitative estimate of drug-likeness (QED) is 0.694. The zero-order valence-electron chi connectivity index (χ0n) is 16.2. The first kappa shape index (κ1) is 17.1. The van der Waals surface area contributed by atoms with Crippen molar-refractivity contribution in [3.8, 4) is 11.3 Å². The molecule has 0 spiro atoms. The first-order valence-corrected chi connectivity index (χ1v) is 10.1. The Bertz CT molecular complexity index is 964. The van der Waals surface area contributed by atoms with Crippen molar-refractivity contribution in [3.05, 3.63) is 54.1 Å². The Morgan fingerprint density at radius 2 is 1.82 bits per heavy atom. The highest BCUT2D eigenvalue weighted by molar-refractivity contribution is 5.76. The average Bonchev–Trinajstić information content (AvgIpc) is 3.19. The Morgan fingerprint density at radius 3 is 2.57 bits per heavy atom. The lowest BCUT2D eigenvalue weighted by Crippen LogP contribution is -2.31. The smallest absolute Gasteiger partial charge is 0.227 e. The summed E-state index contributed by atoms with van der Waals surface area (Å²) in [4.78, 5) is 23.5. The fraction of sp³-hybridized carbons (Fsp3) is 0.364. The summed E-state index contributed by atoms with van der Waals surface area (Å²) in [6.07, 6.45) is 10.3. The number of anilines is 3. The molecule has 0 aromatic carbocycles. The molecule has 0 unspecified atom stereocenters. The van der Waals surface area contributed by atoms with E-state index in [1.54, 1.807) is 0 Å². The molecule has 0 amide bonds. The van der Waals surface area contributed by atoms with Crippen molar-refractivity contribution in [2.75, 3.05) is 29.4 Å². The van der Waals surface area contributed by atoms with Gasteiger partial charge in [0.2, 0.25) is 5.95 Å². The molecule has 2 aliphatic heterocycles. The first-order chi connectivity index (χ1) is 13.8. The summed E-state index contributed by atoms with van der Waals surface area (Å²) >= 11 is 0. The predicted molar refractivity (Wildman–Crippen MR) is 111 cm³/mol. The Balaban J connectivity index is 1.64. The second-order valence-corrected chi connectivity index (χ2v) is 7.52. The maximum Gasteiger partial charge on any atom is 0.227 e. The van der Waals surface area contributed by atoms with Gasteiger partial charge in [-0.15, -0.1) is 0 Å². The molecular weight excluding hydrogens is 348 g/mol. The first-order valence-electron chi connectivity index (χ1n) is 10.1. The van der Waals surface area contributed by atoms with Crippen LogP contribution in [0.3, 0.4) is 0 Å². The summed E-state index contributed by atoms with van der Waals surface area (Å²) in [7, 11) is 0. The minimum Gasteiger partial charge on any atom is -0.341 e. The van der Waals surface area contributed by atoms with Crippen LogP contribution in [0.25, 0.3) is 11.3 Å². The molecule has 142 valence electrons. The molecule has 0 atom stereocenters. The summed E-state index contributed by atoms with van der Waals surface area (Å²) in [5, 5.41) is 0. The molecule has 1 saturated heterocycles. The van der Waals surface area contributed by atoms with Gasteiger partial charge in [0.05, 0.1) is 17.6 Å². The molecular formula is C22H24N6. The molecule has 5 heterocycles. The van der Waals surface area contributed by atoms with Crippen molar-refractivity contribution in [1.29, 1.82) is 0 Å². The standard InChI is InChI=1S/C22H24N6/c1-16-7-8-17(14-24-16)20-19-9-13-28(18-6-5-10-23-15-18)21(19)26-22(25-20)27-11-3-2-4-12-27/h5-8,10,14-15H,2-4,9,11-13H2,1H3. The topological polar surface area (TPSA) is 58.0 Å². The van der Waals surface area contributed by atoms with Gasteiger partial charge in [-0.1, -0.05) is 0 Å². The zero-order valence-corrected chi connectivity index (χ0v) is 16.2. The van der Waals surface area contributed by atoms with Gasteiger partial charge in [0.15, 0.2) is 0 Å². The number of hydrogen-bond donors (Lipinski definition) is 0. The zero-order chi connectivity index (χ0) is 18.9. The molecule has 0 radical (unpaired) electrons. The van der Waals surface area contributed by atoms with E-state index in [1.807, 2.05) is 31.6 Å². The summed E-state index contributed by atoms with van der Waals surface area (Å²) < 4.78 is 0. The van der Waals surface area contributed by atoms with Crippen LogP contribution < -0.4 is 9.80 Å². The molecule has 5 rings (SSSR count). The molecule has 0 aliphatic carbocycles. The molecule has 28 heavy (non-hydrogen) atoms. The van der Waals surface area contributed by atoms with E-state index in [-0.39, 0.29) is 0 Å². The Hall–Kier alpha value is -3.02. The third kappa shape index (κ3) is 3.09. The second kappa shape index (κ2) is 7.19. The predicted octanol–water partition coefficient (Wildman–Crippen LogP) is 3.93. The lowest BCUT2D eigenvalue weighted by molar-refractivity contribution is 0.568. The summed E-state index contributed by atoms with van der Waals surface area (Å²) in [6.45, 7) is 4.96. The van der Waals surface area contributed by atoms with E-state index in [1.165, 1.54) is 24.8 Å². The molecule has 0 saturated carbocycles. The van der Waals surface area contributed by atoms with Crippen molar-refractivity contribution in [2.45, 2.75) is 32.6 Å². The molecule has 3 aromatic rings. The van der Waals surface area contributed by atoms with Crippen LogP contribution in [0.15, 0.2) is 42.9 Å². The highest BCUT2D eigenvalue weighted by atomic mass is 15.3. The van der Waals surface area contributed by atoms with Gasteiger partial charge in [-0.3, -0.25) is 9.97 Å². The Kier molecular flexibility index (Phi) is 4.39. The molecule has 6 heteroatoms. The van der Waals surface area contributed by atoms with Crippen molar-refractivity contribution in [1.82, 2.24) is 19.9 Å². The van der Waals surface area contributed by atoms with E-state index in [0.29, 0.717) is 0 Å². The van der Waals surface area contributed by atoms with E-state index < -0.39 is 0 Å². The van der Waals surface area contributed by atoms with Gasteiger partial charge in [0.1, 0.15) is 5.82 Å². The summed E-state index contributed by atoms with van der Waals surface area (Å²) in [5.74, 6) is 1.85. The van der Waals surface area contributed by atoms with E-state index in [4.69, 9.17) is 9.97 Å². The largest absolute Gasteiger partial charge is 0.341 e. The summed E-state index contributed by atoms with van der Waals surface area (Å²) in [5.41, 5.74) is 5.38. The number of rotatable bonds is 3. The van der Waals surface area contributed by atoms with Crippen LogP contribution in [0.2, 0.25) is 0 Å². The highest BCUT2D eigenvalue weighted by Gasteiger charge is 2.29. The van der Waals surface area contributed by atoms with E-state index >= 15 is 0 Å². The van der Waals surface area contributed by atoms with Crippen LogP contribution >= 0.6 is 0 Å². The Morgan fingerprint density at radius 1 is 0.929 bits per heavy atom. The van der Waals surface area contributed by atoms with Crippen molar-refractivity contribution in [3.63, 3.8) is 0 Å². The fourth-order valence-electron chi connectivity index (χ4n) is 4.09. The monoisotopic (exact) mass is 372 g/mol. The van der Waals surface area contributed by atoms with E-state index in [0.717, 1.165) is 60.5 Å². The fourth-order valence-corrected chi connectivity index (χ4v) is 4.09. The van der Waals surface area contributed by atoms with Crippen LogP contribution in [-0.2, 0) is 6.42 Å². The molecule has 3 aromatic heterocycles. The van der Waals surface area contributed by atoms with Gasteiger partial charge in [-0.25, -0.2) is 4.98 Å². The number of aromatic nitrogens is 4. The number of aryl methyl sites for hydroxylation is 1. The third-order valence-corrected chi connectivity index (χ3v) is 5.60. The van der Waals surface area contributed by atoms with Crippen LogP contribution in [0.1, 0.15) is 30.5 Å². The van der Waals surface area contributed by atoms with Crippen molar-refractivity contribution < 1.29 is 0 Å². The lowest BCUT2D eigenvalue weighted by Gasteiger charge is -2.28. The molecule has 2 aliphatic rings. The van der Waals surface area contributed by atoms with Crippen LogP contribution in [-0.4, -0.2) is 39.6 Å².